The molecule has 7 nitrogen and oxygen atoms in total. The van der Waals surface area contributed by atoms with Crippen LogP contribution >= 0.6 is 0 Å². The first-order valence-corrected chi connectivity index (χ1v) is 14.1. The van der Waals surface area contributed by atoms with Crippen LogP contribution < -0.4 is 0 Å². The Morgan fingerprint density at radius 1 is 0.767 bits per heavy atom. The topological polar surface area (TPSA) is 126 Å². The number of benzene rings is 2. The standard InChI is InChI=1S/C18H16O6S2.C2H6OS/c19-9-17-15(11-5-1-3-7-13(11)25(17,21)22)18(10-20)16(17)12-6-2-4-8-14(12)26(18,23)24;1-4(2)3/h1-8,15-16,19-20H,9-10H2;1-2H3. The lowest BCUT2D eigenvalue weighted by atomic mass is 9.52. The molecule has 1 aliphatic carbocycles. The van der Waals surface area contributed by atoms with Crippen molar-refractivity contribution in [2.24, 2.45) is 0 Å². The van der Waals surface area contributed by atoms with Gasteiger partial charge >= 0.3 is 0 Å². The van der Waals surface area contributed by atoms with E-state index < -0.39 is 65.0 Å². The summed E-state index contributed by atoms with van der Waals surface area (Å²) in [7, 11) is -8.57. The van der Waals surface area contributed by atoms with Gasteiger partial charge in [0.05, 0.1) is 23.0 Å². The zero-order valence-corrected chi connectivity index (χ0v) is 18.8. The van der Waals surface area contributed by atoms with Gasteiger partial charge in [-0.25, -0.2) is 16.8 Å². The summed E-state index contributed by atoms with van der Waals surface area (Å²) in [6.45, 7) is -1.41. The maximum Gasteiger partial charge on any atom is 0.187 e. The summed E-state index contributed by atoms with van der Waals surface area (Å²) in [6.07, 6.45) is 3.28. The van der Waals surface area contributed by atoms with Crippen LogP contribution in [-0.2, 0) is 30.5 Å². The van der Waals surface area contributed by atoms with Crippen molar-refractivity contribution in [2.45, 2.75) is 31.1 Å². The molecule has 0 aromatic heterocycles. The lowest BCUT2D eigenvalue weighted by Crippen LogP contribution is -2.74. The van der Waals surface area contributed by atoms with E-state index in [4.69, 9.17) is 0 Å². The third-order valence-corrected chi connectivity index (χ3v) is 11.6. The Balaban J connectivity index is 0.000000503. The molecule has 2 aromatic rings. The van der Waals surface area contributed by atoms with Crippen LogP contribution in [0.1, 0.15) is 23.0 Å². The second kappa shape index (κ2) is 6.70. The van der Waals surface area contributed by atoms with Gasteiger partial charge in [-0.15, -0.1) is 0 Å². The van der Waals surface area contributed by atoms with Gasteiger partial charge in [0, 0.05) is 35.1 Å². The summed E-state index contributed by atoms with van der Waals surface area (Å²) in [5.41, 5.74) is 0.728. The van der Waals surface area contributed by atoms with Crippen LogP contribution in [0.3, 0.4) is 0 Å². The van der Waals surface area contributed by atoms with Crippen molar-refractivity contribution in [3.63, 3.8) is 0 Å². The highest BCUT2D eigenvalue weighted by Gasteiger charge is 2.86. The Kier molecular flexibility index (Phi) is 4.83. The highest BCUT2D eigenvalue weighted by atomic mass is 32.2. The highest BCUT2D eigenvalue weighted by Crippen LogP contribution is 2.77. The van der Waals surface area contributed by atoms with Crippen molar-refractivity contribution in [3.05, 3.63) is 59.7 Å². The summed E-state index contributed by atoms with van der Waals surface area (Å²) in [5, 5.41) is 20.5. The number of hydrogen-bond acceptors (Lipinski definition) is 7. The molecule has 162 valence electrons. The molecule has 0 bridgehead atoms. The lowest BCUT2D eigenvalue weighted by Gasteiger charge is -2.59. The molecule has 5 rings (SSSR count). The Morgan fingerprint density at radius 3 is 1.37 bits per heavy atom. The van der Waals surface area contributed by atoms with Gasteiger partial charge in [0.2, 0.25) is 0 Å². The van der Waals surface area contributed by atoms with Crippen molar-refractivity contribution in [1.82, 2.24) is 0 Å². The van der Waals surface area contributed by atoms with E-state index in [2.05, 4.69) is 0 Å². The molecule has 10 heteroatoms. The van der Waals surface area contributed by atoms with E-state index in [0.717, 1.165) is 0 Å². The third kappa shape index (κ3) is 2.18. The Labute approximate surface area is 178 Å². The van der Waals surface area contributed by atoms with Crippen LogP contribution in [0.4, 0.5) is 0 Å². The van der Waals surface area contributed by atoms with Crippen molar-refractivity contribution in [1.29, 1.82) is 0 Å². The van der Waals surface area contributed by atoms with Gasteiger partial charge in [-0.3, -0.25) is 4.21 Å². The monoisotopic (exact) mass is 470 g/mol. The number of aliphatic hydroxyl groups excluding tert-OH is 2. The van der Waals surface area contributed by atoms with Gasteiger partial charge in [-0.1, -0.05) is 36.4 Å². The predicted molar refractivity (Wildman–Crippen MR) is 112 cm³/mol. The molecule has 2 N–H and O–H groups in total. The summed E-state index contributed by atoms with van der Waals surface area (Å²) >= 11 is 0. The van der Waals surface area contributed by atoms with E-state index in [9.17, 15) is 31.3 Å². The predicted octanol–water partition coefficient (Wildman–Crippen LogP) is 0.599. The number of sulfone groups is 2. The van der Waals surface area contributed by atoms with Crippen molar-refractivity contribution in [2.75, 3.05) is 25.7 Å². The van der Waals surface area contributed by atoms with E-state index in [1.807, 2.05) is 0 Å². The fourth-order valence-corrected chi connectivity index (χ4v) is 11.0. The molecular formula is C20H22O7S3. The SMILES string of the molecule is CS(C)=O.O=S1(=O)c2ccccc2C2C1(CO)C1c3ccccc3S(=O)(=O)C21CO. The minimum absolute atomic E-state index is 0.0500. The van der Waals surface area contributed by atoms with Gasteiger partial charge in [0.15, 0.2) is 19.7 Å². The lowest BCUT2D eigenvalue weighted by molar-refractivity contribution is 0.0524. The minimum atomic E-state index is -3.98. The van der Waals surface area contributed by atoms with Crippen LogP contribution in [-0.4, -0.2) is 66.5 Å². The van der Waals surface area contributed by atoms with Crippen LogP contribution in [0.2, 0.25) is 0 Å². The van der Waals surface area contributed by atoms with E-state index in [1.165, 1.54) is 12.1 Å². The van der Waals surface area contributed by atoms with E-state index >= 15 is 0 Å². The smallest absolute Gasteiger partial charge is 0.187 e. The van der Waals surface area contributed by atoms with Crippen LogP contribution in [0.15, 0.2) is 58.3 Å². The summed E-state index contributed by atoms with van der Waals surface area (Å²) in [4.78, 5) is 0.0999. The quantitative estimate of drug-likeness (QED) is 0.658. The first kappa shape index (κ1) is 21.6. The minimum Gasteiger partial charge on any atom is -0.395 e. The van der Waals surface area contributed by atoms with E-state index in [1.54, 1.807) is 48.9 Å². The zero-order chi connectivity index (χ0) is 22.1. The molecular weight excluding hydrogens is 448 g/mol. The molecule has 0 amide bonds. The molecule has 0 radical (unpaired) electrons. The second-order valence-corrected chi connectivity index (χ2v) is 13.8. The Bertz CT molecular complexity index is 1160. The van der Waals surface area contributed by atoms with E-state index in [-0.39, 0.29) is 9.79 Å². The fourth-order valence-electron chi connectivity index (χ4n) is 5.61. The molecule has 0 spiro atoms. The molecule has 1 saturated carbocycles. The van der Waals surface area contributed by atoms with E-state index in [0.29, 0.717) is 11.1 Å². The van der Waals surface area contributed by atoms with Crippen LogP contribution in [0, 0.1) is 0 Å². The molecule has 3 aliphatic rings. The number of hydrogen-bond donors (Lipinski definition) is 2. The molecule has 0 unspecified atom stereocenters. The average molecular weight is 471 g/mol. The number of fused-ring (bicyclic) bond motifs is 8. The Morgan fingerprint density at radius 2 is 1.07 bits per heavy atom. The van der Waals surface area contributed by atoms with Crippen LogP contribution in [0.25, 0.3) is 0 Å². The Hall–Kier alpha value is -1.59. The first-order valence-electron chi connectivity index (χ1n) is 9.19. The molecule has 0 atom stereocenters. The largest absolute Gasteiger partial charge is 0.395 e. The molecule has 0 saturated heterocycles. The zero-order valence-electron chi connectivity index (χ0n) is 16.3. The van der Waals surface area contributed by atoms with Gasteiger partial charge < -0.3 is 10.2 Å². The van der Waals surface area contributed by atoms with Crippen molar-refractivity contribution >= 4 is 30.5 Å². The maximum absolute atomic E-state index is 13.4. The third-order valence-electron chi connectivity index (χ3n) is 6.49. The average Bonchev–Trinajstić information content (AvgIpc) is 2.95. The molecule has 2 aromatic carbocycles. The second-order valence-electron chi connectivity index (χ2n) is 7.92. The molecule has 30 heavy (non-hydrogen) atoms. The van der Waals surface area contributed by atoms with Gasteiger partial charge in [-0.05, 0) is 23.3 Å². The number of aliphatic hydroxyl groups is 2. The first-order chi connectivity index (χ1) is 14.1. The fraction of sp³-hybridized carbons (Fsp3) is 0.400. The molecule has 2 heterocycles. The van der Waals surface area contributed by atoms with Gasteiger partial charge in [-0.2, -0.15) is 0 Å². The summed E-state index contributed by atoms with van der Waals surface area (Å²) in [5.74, 6) is -2.01. The molecule has 2 aliphatic heterocycles. The van der Waals surface area contributed by atoms with Crippen LogP contribution in [0.5, 0.6) is 0 Å². The van der Waals surface area contributed by atoms with Crippen molar-refractivity contribution < 1.29 is 31.3 Å². The maximum atomic E-state index is 13.4. The number of rotatable bonds is 2. The normalized spacial score (nSPS) is 33.4. The summed E-state index contributed by atoms with van der Waals surface area (Å²) in [6, 6.07) is 12.5. The van der Waals surface area contributed by atoms with Gasteiger partial charge in [0.25, 0.3) is 0 Å². The summed E-state index contributed by atoms with van der Waals surface area (Å²) < 4.78 is 59.8. The van der Waals surface area contributed by atoms with Crippen molar-refractivity contribution in [3.8, 4) is 0 Å². The van der Waals surface area contributed by atoms with Gasteiger partial charge in [0.1, 0.15) is 9.49 Å². The highest BCUT2D eigenvalue weighted by molar-refractivity contribution is 7.95. The molecule has 1 fully saturated rings.